The van der Waals surface area contributed by atoms with Gasteiger partial charge in [0, 0.05) is 29.4 Å². The molecule has 5 rings (SSSR count). The number of nitrogens with zero attached hydrogens (tertiary/aromatic N) is 1. The van der Waals surface area contributed by atoms with Crippen molar-refractivity contribution < 1.29 is 18.4 Å². The maximum absolute atomic E-state index is 13.7. The van der Waals surface area contributed by atoms with Crippen LogP contribution in [-0.2, 0) is 4.79 Å². The molecular weight excluding hydrogens is 433 g/mol. The molecule has 174 valence electrons. The van der Waals surface area contributed by atoms with Gasteiger partial charge in [0.2, 0.25) is 0 Å². The second-order valence-electron chi connectivity index (χ2n) is 8.79. The average molecular weight is 460 g/mol. The van der Waals surface area contributed by atoms with Gasteiger partial charge in [-0.25, -0.2) is 4.39 Å². The van der Waals surface area contributed by atoms with Gasteiger partial charge in [-0.1, -0.05) is 24.6 Å². The van der Waals surface area contributed by atoms with Crippen LogP contribution in [0.1, 0.15) is 40.9 Å². The lowest BCUT2D eigenvalue weighted by Crippen LogP contribution is -2.44. The van der Waals surface area contributed by atoms with Gasteiger partial charge in [-0.05, 0) is 68.9 Å². The van der Waals surface area contributed by atoms with E-state index in [1.807, 2.05) is 18.2 Å². The number of anilines is 1. The largest absolute Gasteiger partial charge is 0.457 e. The summed E-state index contributed by atoms with van der Waals surface area (Å²) in [7, 11) is 2.10. The second-order valence-corrected chi connectivity index (χ2v) is 8.79. The van der Waals surface area contributed by atoms with Crippen LogP contribution in [0.25, 0.3) is 23.0 Å². The van der Waals surface area contributed by atoms with Crippen LogP contribution in [0.2, 0.25) is 0 Å². The number of amides is 2. The summed E-state index contributed by atoms with van der Waals surface area (Å²) in [6, 6.07) is 15.3. The molecule has 2 aliphatic rings. The monoisotopic (exact) mass is 459 g/mol. The van der Waals surface area contributed by atoms with E-state index in [1.165, 1.54) is 31.0 Å². The number of rotatable bonds is 5. The van der Waals surface area contributed by atoms with Crippen LogP contribution in [-0.4, -0.2) is 42.9 Å². The van der Waals surface area contributed by atoms with E-state index in [4.69, 9.17) is 4.42 Å². The standard InChI is InChI=1S/C27H26FN3O3/c1-31-13-5-4-6-18(31)16-29-26(32)21-8-3-2-7-20(21)25-12-10-19(34-25)15-23-22-14-17(28)9-11-24(22)30-27(23)33/h2-3,7-12,14-15,18H,4-6,13,16H2,1H3,(H,29,32)(H,30,33)/b23-15+. The number of piperidine rings is 1. The van der Waals surface area contributed by atoms with Gasteiger partial charge in [0.1, 0.15) is 17.3 Å². The van der Waals surface area contributed by atoms with Crippen molar-refractivity contribution in [2.45, 2.75) is 25.3 Å². The maximum Gasteiger partial charge on any atom is 0.256 e. The number of fused-ring (bicyclic) bond motifs is 1. The molecule has 0 bridgehead atoms. The van der Waals surface area contributed by atoms with Crippen LogP contribution in [0, 0.1) is 5.82 Å². The van der Waals surface area contributed by atoms with E-state index in [2.05, 4.69) is 22.6 Å². The molecule has 34 heavy (non-hydrogen) atoms. The molecule has 0 saturated carbocycles. The number of benzene rings is 2. The molecule has 1 fully saturated rings. The third kappa shape index (κ3) is 4.39. The minimum Gasteiger partial charge on any atom is -0.457 e. The van der Waals surface area contributed by atoms with Crippen molar-refractivity contribution in [3.63, 3.8) is 0 Å². The summed E-state index contributed by atoms with van der Waals surface area (Å²) >= 11 is 0. The van der Waals surface area contributed by atoms with E-state index in [0.717, 1.165) is 13.0 Å². The number of furan rings is 1. The normalized spacial score (nSPS) is 19.2. The predicted octanol–water partition coefficient (Wildman–Crippen LogP) is 4.79. The number of likely N-dealkylation sites (tertiary alicyclic amines) is 1. The molecule has 1 saturated heterocycles. The maximum atomic E-state index is 13.7. The zero-order valence-corrected chi connectivity index (χ0v) is 18.9. The van der Waals surface area contributed by atoms with Gasteiger partial charge in [-0.3, -0.25) is 9.59 Å². The Bertz CT molecular complexity index is 1280. The van der Waals surface area contributed by atoms with Crippen LogP contribution < -0.4 is 10.6 Å². The van der Waals surface area contributed by atoms with Crippen LogP contribution >= 0.6 is 0 Å². The number of carbonyl (C=O) groups is 2. The van der Waals surface area contributed by atoms with E-state index >= 15 is 0 Å². The molecule has 7 heteroatoms. The Morgan fingerprint density at radius 3 is 2.88 bits per heavy atom. The molecule has 1 aromatic heterocycles. The number of likely N-dealkylation sites (N-methyl/N-ethyl adjacent to an activating group) is 1. The van der Waals surface area contributed by atoms with E-state index in [9.17, 15) is 14.0 Å². The van der Waals surface area contributed by atoms with Gasteiger partial charge >= 0.3 is 0 Å². The summed E-state index contributed by atoms with van der Waals surface area (Å²) in [5, 5.41) is 5.80. The lowest BCUT2D eigenvalue weighted by Gasteiger charge is -2.32. The zero-order valence-electron chi connectivity index (χ0n) is 18.9. The highest BCUT2D eigenvalue weighted by atomic mass is 19.1. The molecule has 0 spiro atoms. The lowest BCUT2D eigenvalue weighted by atomic mass is 10.0. The lowest BCUT2D eigenvalue weighted by molar-refractivity contribution is -0.110. The molecule has 3 heterocycles. The number of carbonyl (C=O) groups excluding carboxylic acids is 2. The van der Waals surface area contributed by atoms with Crippen molar-refractivity contribution in [1.82, 2.24) is 10.2 Å². The molecule has 2 aromatic carbocycles. The average Bonchev–Trinajstić information content (AvgIpc) is 3.43. The number of hydrogen-bond donors (Lipinski definition) is 2. The van der Waals surface area contributed by atoms with Crippen molar-refractivity contribution in [3.05, 3.63) is 77.3 Å². The predicted molar refractivity (Wildman–Crippen MR) is 130 cm³/mol. The molecule has 1 unspecified atom stereocenters. The zero-order chi connectivity index (χ0) is 23.7. The molecule has 2 N–H and O–H groups in total. The highest BCUT2D eigenvalue weighted by Gasteiger charge is 2.25. The van der Waals surface area contributed by atoms with Crippen molar-refractivity contribution in [2.24, 2.45) is 0 Å². The molecule has 2 aliphatic heterocycles. The fourth-order valence-electron chi connectivity index (χ4n) is 4.62. The van der Waals surface area contributed by atoms with Gasteiger partial charge in [-0.2, -0.15) is 0 Å². The highest BCUT2D eigenvalue weighted by Crippen LogP contribution is 2.35. The van der Waals surface area contributed by atoms with Gasteiger partial charge in [0.15, 0.2) is 0 Å². The Balaban J connectivity index is 1.37. The summed E-state index contributed by atoms with van der Waals surface area (Å²) in [4.78, 5) is 27.7. The van der Waals surface area contributed by atoms with Crippen LogP contribution in [0.4, 0.5) is 10.1 Å². The highest BCUT2D eigenvalue weighted by molar-refractivity contribution is 6.34. The smallest absolute Gasteiger partial charge is 0.256 e. The number of halogens is 1. The van der Waals surface area contributed by atoms with E-state index in [-0.39, 0.29) is 11.8 Å². The third-order valence-electron chi connectivity index (χ3n) is 6.53. The van der Waals surface area contributed by atoms with Gasteiger partial charge in [-0.15, -0.1) is 0 Å². The third-order valence-corrected chi connectivity index (χ3v) is 6.53. The Labute approximate surface area is 197 Å². The second kappa shape index (κ2) is 9.27. The Hall–Kier alpha value is -3.71. The van der Waals surface area contributed by atoms with Crippen LogP contribution in [0.5, 0.6) is 0 Å². The Morgan fingerprint density at radius 2 is 2.03 bits per heavy atom. The van der Waals surface area contributed by atoms with E-state index in [0.29, 0.717) is 52.1 Å². The molecular formula is C27H26FN3O3. The molecule has 1 atom stereocenters. The minimum atomic E-state index is -0.416. The van der Waals surface area contributed by atoms with Gasteiger partial charge < -0.3 is 20.0 Å². The summed E-state index contributed by atoms with van der Waals surface area (Å²) in [6.45, 7) is 1.65. The van der Waals surface area contributed by atoms with Gasteiger partial charge in [0.25, 0.3) is 11.8 Å². The fraction of sp³-hybridized carbons (Fsp3) is 0.259. The summed E-state index contributed by atoms with van der Waals surface area (Å²) in [5.74, 6) is 0.0821. The van der Waals surface area contributed by atoms with Crippen molar-refractivity contribution >= 4 is 29.2 Å². The van der Waals surface area contributed by atoms with Crippen LogP contribution in [0.3, 0.4) is 0 Å². The summed E-state index contributed by atoms with van der Waals surface area (Å²) in [6.07, 6.45) is 5.05. The topological polar surface area (TPSA) is 74.6 Å². The number of hydrogen-bond acceptors (Lipinski definition) is 4. The van der Waals surface area contributed by atoms with Crippen molar-refractivity contribution in [2.75, 3.05) is 25.5 Å². The first-order chi connectivity index (χ1) is 16.5. The van der Waals surface area contributed by atoms with Crippen molar-refractivity contribution in [3.8, 4) is 11.3 Å². The molecule has 6 nitrogen and oxygen atoms in total. The first kappa shape index (κ1) is 22.1. The molecule has 0 aliphatic carbocycles. The molecule has 3 aromatic rings. The Kier molecular flexibility index (Phi) is 6.02. The van der Waals surface area contributed by atoms with E-state index in [1.54, 1.807) is 24.3 Å². The number of nitrogens with one attached hydrogen (secondary N) is 2. The summed E-state index contributed by atoms with van der Waals surface area (Å²) < 4.78 is 19.7. The minimum absolute atomic E-state index is 0.148. The van der Waals surface area contributed by atoms with Crippen LogP contribution in [0.15, 0.2) is 59.0 Å². The SMILES string of the molecule is CN1CCCCC1CNC(=O)c1ccccc1-c1ccc(/C=C2/C(=O)Nc3ccc(F)cc32)o1. The molecule has 2 amide bonds. The van der Waals surface area contributed by atoms with E-state index < -0.39 is 5.82 Å². The Morgan fingerprint density at radius 1 is 1.18 bits per heavy atom. The quantitative estimate of drug-likeness (QED) is 0.538. The van der Waals surface area contributed by atoms with Crippen molar-refractivity contribution in [1.29, 1.82) is 0 Å². The van der Waals surface area contributed by atoms with Gasteiger partial charge in [0.05, 0.1) is 11.1 Å². The molecule has 0 radical (unpaired) electrons. The summed E-state index contributed by atoms with van der Waals surface area (Å²) in [5.41, 5.74) is 2.59. The fourth-order valence-corrected chi connectivity index (χ4v) is 4.62. The first-order valence-electron chi connectivity index (χ1n) is 11.5. The first-order valence-corrected chi connectivity index (χ1v) is 11.5.